The Labute approximate surface area is 105 Å². The molecule has 0 aromatic rings. The third kappa shape index (κ3) is 3.40. The van der Waals surface area contributed by atoms with Crippen molar-refractivity contribution >= 4 is 11.8 Å². The first-order valence-electron chi connectivity index (χ1n) is 7.17. The van der Waals surface area contributed by atoms with Crippen molar-refractivity contribution in [3.63, 3.8) is 0 Å². The summed E-state index contributed by atoms with van der Waals surface area (Å²) < 4.78 is 0. The molecule has 2 unspecified atom stereocenters. The lowest BCUT2D eigenvalue weighted by atomic mass is 9.83. The molecule has 1 saturated heterocycles. The molecule has 2 rings (SSSR count). The highest BCUT2D eigenvalue weighted by atomic mass is 32.2. The Morgan fingerprint density at radius 2 is 1.88 bits per heavy atom. The second-order valence-corrected chi connectivity index (χ2v) is 7.13. The number of rotatable bonds is 4. The maximum Gasteiger partial charge on any atom is 0.0194 e. The Kier molecular flexibility index (Phi) is 5.02. The fourth-order valence-electron chi connectivity index (χ4n) is 3.28. The Hall–Kier alpha value is 0.310. The summed E-state index contributed by atoms with van der Waals surface area (Å²) in [5.41, 5.74) is 0. The third-order valence-electron chi connectivity index (χ3n) is 4.37. The zero-order valence-corrected chi connectivity index (χ0v) is 11.7. The van der Waals surface area contributed by atoms with Crippen LogP contribution in [-0.4, -0.2) is 23.1 Å². The van der Waals surface area contributed by atoms with Crippen LogP contribution >= 0.6 is 11.8 Å². The Bertz CT molecular complexity index is 199. The van der Waals surface area contributed by atoms with E-state index in [4.69, 9.17) is 0 Å². The van der Waals surface area contributed by atoms with E-state index in [1.165, 1.54) is 50.7 Å². The Balaban J connectivity index is 1.68. The topological polar surface area (TPSA) is 12.0 Å². The van der Waals surface area contributed by atoms with E-state index in [1.807, 2.05) is 0 Å². The van der Waals surface area contributed by atoms with Crippen LogP contribution in [0.25, 0.3) is 0 Å². The van der Waals surface area contributed by atoms with E-state index in [-0.39, 0.29) is 0 Å². The summed E-state index contributed by atoms with van der Waals surface area (Å²) in [7, 11) is 0. The molecule has 1 saturated carbocycles. The van der Waals surface area contributed by atoms with E-state index < -0.39 is 0 Å². The highest BCUT2D eigenvalue weighted by molar-refractivity contribution is 8.00. The third-order valence-corrected chi connectivity index (χ3v) is 5.70. The normalized spacial score (nSPS) is 40.1. The maximum absolute atomic E-state index is 3.91. The van der Waals surface area contributed by atoms with Crippen molar-refractivity contribution in [3.8, 4) is 0 Å². The van der Waals surface area contributed by atoms with Gasteiger partial charge in [0.1, 0.15) is 0 Å². The van der Waals surface area contributed by atoms with Gasteiger partial charge in [-0.05, 0) is 43.8 Å². The maximum atomic E-state index is 3.91. The lowest BCUT2D eigenvalue weighted by Gasteiger charge is -2.32. The Morgan fingerprint density at radius 3 is 2.44 bits per heavy atom. The van der Waals surface area contributed by atoms with Gasteiger partial charge in [-0.25, -0.2) is 0 Å². The van der Waals surface area contributed by atoms with E-state index in [0.717, 1.165) is 23.3 Å². The van der Waals surface area contributed by atoms with Gasteiger partial charge in [-0.3, -0.25) is 0 Å². The molecule has 1 N–H and O–H groups in total. The van der Waals surface area contributed by atoms with E-state index in [1.54, 1.807) is 0 Å². The Morgan fingerprint density at radius 1 is 1.12 bits per heavy atom. The number of thioether (sulfide) groups is 1. The van der Waals surface area contributed by atoms with Crippen LogP contribution in [-0.2, 0) is 0 Å². The van der Waals surface area contributed by atoms with Gasteiger partial charge in [0.15, 0.2) is 0 Å². The lowest BCUT2D eigenvalue weighted by Crippen LogP contribution is -2.43. The van der Waals surface area contributed by atoms with Crippen molar-refractivity contribution in [3.05, 3.63) is 0 Å². The zero-order chi connectivity index (χ0) is 11.4. The predicted octanol–water partition coefficient (Wildman–Crippen LogP) is 3.83. The smallest absolute Gasteiger partial charge is 0.0194 e. The van der Waals surface area contributed by atoms with E-state index in [0.29, 0.717) is 0 Å². The summed E-state index contributed by atoms with van der Waals surface area (Å²) in [4.78, 5) is 0. The van der Waals surface area contributed by atoms with Crippen molar-refractivity contribution in [1.82, 2.24) is 5.32 Å². The van der Waals surface area contributed by atoms with Crippen molar-refractivity contribution < 1.29 is 0 Å². The van der Waals surface area contributed by atoms with Gasteiger partial charge < -0.3 is 5.32 Å². The van der Waals surface area contributed by atoms with Crippen LogP contribution < -0.4 is 5.32 Å². The van der Waals surface area contributed by atoms with Gasteiger partial charge in [-0.15, -0.1) is 0 Å². The van der Waals surface area contributed by atoms with Gasteiger partial charge in [0, 0.05) is 17.3 Å². The molecule has 94 valence electrons. The number of hydrogen-bond donors (Lipinski definition) is 1. The van der Waals surface area contributed by atoms with Crippen LogP contribution in [0.4, 0.5) is 0 Å². The minimum atomic E-state index is 0.803. The quantitative estimate of drug-likeness (QED) is 0.803. The summed E-state index contributed by atoms with van der Waals surface area (Å²) in [5.74, 6) is 2.41. The van der Waals surface area contributed by atoms with Crippen LogP contribution in [0.3, 0.4) is 0 Å². The molecule has 1 aliphatic heterocycles. The number of nitrogens with one attached hydrogen (secondary N) is 1. The highest BCUT2D eigenvalue weighted by Crippen LogP contribution is 2.31. The van der Waals surface area contributed by atoms with Crippen molar-refractivity contribution in [1.29, 1.82) is 0 Å². The second kappa shape index (κ2) is 6.30. The van der Waals surface area contributed by atoms with Gasteiger partial charge in [-0.2, -0.15) is 11.8 Å². The van der Waals surface area contributed by atoms with Crippen LogP contribution in [0.1, 0.15) is 58.8 Å². The summed E-state index contributed by atoms with van der Waals surface area (Å²) in [5, 5.41) is 4.75. The summed E-state index contributed by atoms with van der Waals surface area (Å²) in [6.45, 7) is 4.71. The van der Waals surface area contributed by atoms with Gasteiger partial charge >= 0.3 is 0 Å². The van der Waals surface area contributed by atoms with Crippen LogP contribution in [0, 0.1) is 5.92 Å². The molecule has 1 aliphatic carbocycles. The van der Waals surface area contributed by atoms with Crippen molar-refractivity contribution in [2.45, 2.75) is 76.1 Å². The molecule has 1 heterocycles. The average Bonchev–Trinajstić information content (AvgIpc) is 2.68. The summed E-state index contributed by atoms with van der Waals surface area (Å²) >= 11 is 2.14. The zero-order valence-electron chi connectivity index (χ0n) is 10.9. The highest BCUT2D eigenvalue weighted by Gasteiger charge is 2.28. The first-order chi connectivity index (χ1) is 7.79. The standard InChI is InChI=1S/C14H27NS/c1-3-4-12-5-7-13(8-6-12)15-14-9-10-16-11(14)2/h11-15H,3-10H2,1-2H3. The first-order valence-corrected chi connectivity index (χ1v) is 8.22. The molecule has 0 amide bonds. The van der Waals surface area contributed by atoms with Crippen molar-refractivity contribution in [2.24, 2.45) is 5.92 Å². The average molecular weight is 241 g/mol. The van der Waals surface area contributed by atoms with E-state index in [2.05, 4.69) is 30.9 Å². The summed E-state index contributed by atoms with van der Waals surface area (Å²) in [6, 6.07) is 1.64. The largest absolute Gasteiger partial charge is 0.310 e. The first kappa shape index (κ1) is 12.8. The summed E-state index contributed by atoms with van der Waals surface area (Å²) in [6.07, 6.45) is 10.0. The molecule has 2 fully saturated rings. The molecule has 0 spiro atoms. The molecule has 1 nitrogen and oxygen atoms in total. The molecular formula is C14H27NS. The molecule has 0 bridgehead atoms. The van der Waals surface area contributed by atoms with Gasteiger partial charge in [0.05, 0.1) is 0 Å². The van der Waals surface area contributed by atoms with Gasteiger partial charge in [0.25, 0.3) is 0 Å². The van der Waals surface area contributed by atoms with Crippen LogP contribution in [0.2, 0.25) is 0 Å². The molecule has 0 aromatic carbocycles. The molecular weight excluding hydrogens is 214 g/mol. The van der Waals surface area contributed by atoms with E-state index in [9.17, 15) is 0 Å². The molecule has 2 heteroatoms. The predicted molar refractivity (Wildman–Crippen MR) is 74.1 cm³/mol. The molecule has 0 aromatic heterocycles. The van der Waals surface area contributed by atoms with Gasteiger partial charge in [0.2, 0.25) is 0 Å². The lowest BCUT2D eigenvalue weighted by molar-refractivity contribution is 0.262. The molecule has 16 heavy (non-hydrogen) atoms. The minimum Gasteiger partial charge on any atom is -0.310 e. The number of hydrogen-bond acceptors (Lipinski definition) is 2. The fraction of sp³-hybridized carbons (Fsp3) is 1.00. The second-order valence-electron chi connectivity index (χ2n) is 5.64. The monoisotopic (exact) mass is 241 g/mol. The van der Waals surface area contributed by atoms with Crippen molar-refractivity contribution in [2.75, 3.05) is 5.75 Å². The fourth-order valence-corrected chi connectivity index (χ4v) is 4.49. The van der Waals surface area contributed by atoms with Gasteiger partial charge in [-0.1, -0.05) is 26.7 Å². The molecule has 2 aliphatic rings. The van der Waals surface area contributed by atoms with Crippen LogP contribution in [0.15, 0.2) is 0 Å². The van der Waals surface area contributed by atoms with E-state index >= 15 is 0 Å². The molecule has 0 radical (unpaired) electrons. The molecule has 2 atom stereocenters. The SMILES string of the molecule is CCCC1CCC(NC2CCSC2C)CC1. The minimum absolute atomic E-state index is 0.803. The van der Waals surface area contributed by atoms with Crippen LogP contribution in [0.5, 0.6) is 0 Å².